The van der Waals surface area contributed by atoms with Gasteiger partial charge in [0.15, 0.2) is 0 Å². The lowest BCUT2D eigenvalue weighted by Crippen LogP contribution is -2.42. The molecule has 0 heterocycles. The second-order valence-corrected chi connectivity index (χ2v) is 7.90. The molecule has 6 heteroatoms. The van der Waals surface area contributed by atoms with E-state index in [0.29, 0.717) is 16.9 Å². The summed E-state index contributed by atoms with van der Waals surface area (Å²) in [4.78, 5) is 16.5. The van der Waals surface area contributed by atoms with Crippen LogP contribution in [0.15, 0.2) is 24.3 Å². The predicted octanol–water partition coefficient (Wildman–Crippen LogP) is 5.22. The van der Waals surface area contributed by atoms with E-state index >= 15 is 0 Å². The van der Waals surface area contributed by atoms with Crippen molar-refractivity contribution >= 4 is 17.7 Å². The molecule has 0 saturated heterocycles. The van der Waals surface area contributed by atoms with Gasteiger partial charge in [0.05, 0.1) is 6.10 Å². The fourth-order valence-electron chi connectivity index (χ4n) is 3.65. The molecule has 0 aromatic heterocycles. The van der Waals surface area contributed by atoms with Crippen molar-refractivity contribution in [2.75, 3.05) is 33.3 Å². The third-order valence-electron chi connectivity index (χ3n) is 5.61. The Morgan fingerprint density at radius 1 is 1.07 bits per heavy atom. The van der Waals surface area contributed by atoms with Gasteiger partial charge < -0.3 is 19.3 Å². The van der Waals surface area contributed by atoms with E-state index in [1.54, 1.807) is 29.2 Å². The average Bonchev–Trinajstić information content (AvgIpc) is 2.72. The Hall–Kier alpha value is -1.30. The van der Waals surface area contributed by atoms with Crippen molar-refractivity contribution in [1.82, 2.24) is 9.80 Å². The normalized spacial score (nSPS) is 19.6. The summed E-state index contributed by atoms with van der Waals surface area (Å²) >= 11 is 5.86. The van der Waals surface area contributed by atoms with Gasteiger partial charge in [-0.1, -0.05) is 25.4 Å². The molecule has 0 spiro atoms. The fourth-order valence-corrected chi connectivity index (χ4v) is 3.78. The van der Waals surface area contributed by atoms with Crippen LogP contribution in [-0.4, -0.2) is 61.3 Å². The monoisotopic (exact) mass is 410 g/mol. The summed E-state index contributed by atoms with van der Waals surface area (Å²) in [6.07, 6.45) is 6.22. The standard InChI is InChI=1S/C22H35ClN2O3/c1-4-25(5-2)16-6-7-17-27-20-14-10-19(11-15-20)24(3)22(26)28-21-12-8-18(23)9-13-21/h8-9,12-13,19-20H,4-7,10-11,14-17H2,1-3H3/t19-,20-. The number of carbonyl (C=O) groups is 1. The zero-order valence-electron chi connectivity index (χ0n) is 17.5. The molecule has 0 bridgehead atoms. The van der Waals surface area contributed by atoms with E-state index in [-0.39, 0.29) is 12.1 Å². The number of hydrogen-bond acceptors (Lipinski definition) is 4. The van der Waals surface area contributed by atoms with Crippen LogP contribution in [0.3, 0.4) is 0 Å². The molecule has 1 aromatic carbocycles. The third kappa shape index (κ3) is 7.61. The molecule has 0 N–H and O–H groups in total. The molecule has 2 rings (SSSR count). The van der Waals surface area contributed by atoms with E-state index < -0.39 is 0 Å². The zero-order valence-corrected chi connectivity index (χ0v) is 18.3. The molecule has 1 aliphatic rings. The lowest BCUT2D eigenvalue weighted by molar-refractivity contribution is 0.00999. The third-order valence-corrected chi connectivity index (χ3v) is 5.87. The largest absolute Gasteiger partial charge is 0.415 e. The first-order chi connectivity index (χ1) is 13.5. The van der Waals surface area contributed by atoms with Gasteiger partial charge in [-0.15, -0.1) is 0 Å². The summed E-state index contributed by atoms with van der Waals surface area (Å²) in [6, 6.07) is 7.06. The van der Waals surface area contributed by atoms with Crippen molar-refractivity contribution in [3.05, 3.63) is 29.3 Å². The van der Waals surface area contributed by atoms with Crippen LogP contribution in [0.5, 0.6) is 5.75 Å². The molecule has 0 atom stereocenters. The van der Waals surface area contributed by atoms with Crippen molar-refractivity contribution in [1.29, 1.82) is 0 Å². The summed E-state index contributed by atoms with van der Waals surface area (Å²) in [7, 11) is 1.82. The number of carbonyl (C=O) groups excluding carboxylic acids is 1. The molecule has 1 fully saturated rings. The molecule has 158 valence electrons. The number of rotatable bonds is 10. The van der Waals surface area contributed by atoms with Crippen molar-refractivity contribution < 1.29 is 14.3 Å². The summed E-state index contributed by atoms with van der Waals surface area (Å²) < 4.78 is 11.5. The molecule has 1 aromatic rings. The first kappa shape index (κ1) is 23.0. The predicted molar refractivity (Wildman–Crippen MR) is 114 cm³/mol. The Labute approximate surface area is 174 Å². The number of benzene rings is 1. The lowest BCUT2D eigenvalue weighted by atomic mass is 9.92. The Balaban J connectivity index is 1.62. The van der Waals surface area contributed by atoms with Gasteiger partial charge in [-0.2, -0.15) is 0 Å². The van der Waals surface area contributed by atoms with Crippen LogP contribution < -0.4 is 4.74 Å². The summed E-state index contributed by atoms with van der Waals surface area (Å²) in [5.41, 5.74) is 0. The quantitative estimate of drug-likeness (QED) is 0.496. The van der Waals surface area contributed by atoms with Crippen LogP contribution in [0.2, 0.25) is 5.02 Å². The van der Waals surface area contributed by atoms with Gasteiger partial charge in [0.2, 0.25) is 0 Å². The number of unbranched alkanes of at least 4 members (excludes halogenated alkanes) is 1. The Morgan fingerprint density at radius 2 is 1.71 bits per heavy atom. The maximum absolute atomic E-state index is 12.4. The van der Waals surface area contributed by atoms with E-state index in [1.807, 2.05) is 7.05 Å². The van der Waals surface area contributed by atoms with Crippen LogP contribution in [-0.2, 0) is 4.74 Å². The van der Waals surface area contributed by atoms with Crippen molar-refractivity contribution in [3.8, 4) is 5.75 Å². The maximum Gasteiger partial charge on any atom is 0.415 e. The summed E-state index contributed by atoms with van der Waals surface area (Å²) in [5, 5.41) is 0.625. The number of amides is 1. The van der Waals surface area contributed by atoms with Crippen LogP contribution >= 0.6 is 11.6 Å². The van der Waals surface area contributed by atoms with Crippen LogP contribution in [0.1, 0.15) is 52.4 Å². The molecule has 1 amide bonds. The molecule has 28 heavy (non-hydrogen) atoms. The molecule has 5 nitrogen and oxygen atoms in total. The van der Waals surface area contributed by atoms with Gasteiger partial charge in [0.1, 0.15) is 5.75 Å². The van der Waals surface area contributed by atoms with Gasteiger partial charge in [0.25, 0.3) is 0 Å². The maximum atomic E-state index is 12.4. The van der Waals surface area contributed by atoms with Crippen molar-refractivity contribution in [2.45, 2.75) is 64.5 Å². The molecule has 1 saturated carbocycles. The van der Waals surface area contributed by atoms with Gasteiger partial charge in [-0.3, -0.25) is 0 Å². The summed E-state index contributed by atoms with van der Waals surface area (Å²) in [6.45, 7) is 8.65. The number of nitrogens with zero attached hydrogens (tertiary/aromatic N) is 2. The highest BCUT2D eigenvalue weighted by Crippen LogP contribution is 2.25. The molecular weight excluding hydrogens is 376 g/mol. The summed E-state index contributed by atoms with van der Waals surface area (Å²) in [5.74, 6) is 0.517. The Kier molecular flexibility index (Phi) is 10.1. The van der Waals surface area contributed by atoms with Crippen LogP contribution in [0.25, 0.3) is 0 Å². The average molecular weight is 411 g/mol. The van der Waals surface area contributed by atoms with Crippen LogP contribution in [0, 0.1) is 0 Å². The van der Waals surface area contributed by atoms with Crippen LogP contribution in [0.4, 0.5) is 4.79 Å². The highest BCUT2D eigenvalue weighted by molar-refractivity contribution is 6.30. The van der Waals surface area contributed by atoms with Gasteiger partial charge >= 0.3 is 6.09 Å². The molecular formula is C22H35ClN2O3. The molecule has 1 aliphatic carbocycles. The lowest BCUT2D eigenvalue weighted by Gasteiger charge is -2.34. The van der Waals surface area contributed by atoms with E-state index in [4.69, 9.17) is 21.1 Å². The molecule has 0 unspecified atom stereocenters. The first-order valence-electron chi connectivity index (χ1n) is 10.6. The first-order valence-corrected chi connectivity index (χ1v) is 10.9. The Bertz CT molecular complexity index is 570. The second kappa shape index (κ2) is 12.3. The number of hydrogen-bond donors (Lipinski definition) is 0. The van der Waals surface area contributed by atoms with E-state index in [0.717, 1.165) is 58.3 Å². The highest BCUT2D eigenvalue weighted by Gasteiger charge is 2.27. The molecule has 0 radical (unpaired) electrons. The zero-order chi connectivity index (χ0) is 20.4. The minimum atomic E-state index is -0.317. The van der Waals surface area contributed by atoms with Crippen molar-refractivity contribution in [2.24, 2.45) is 0 Å². The smallest absolute Gasteiger partial charge is 0.410 e. The molecule has 0 aliphatic heterocycles. The fraction of sp³-hybridized carbons (Fsp3) is 0.682. The topological polar surface area (TPSA) is 42.0 Å². The van der Waals surface area contributed by atoms with Gasteiger partial charge in [-0.05, 0) is 82.4 Å². The van der Waals surface area contributed by atoms with E-state index in [2.05, 4.69) is 18.7 Å². The van der Waals surface area contributed by atoms with Gasteiger partial charge in [-0.25, -0.2) is 4.79 Å². The number of halogens is 1. The minimum absolute atomic E-state index is 0.210. The van der Waals surface area contributed by atoms with Crippen molar-refractivity contribution in [3.63, 3.8) is 0 Å². The number of ether oxygens (including phenoxy) is 2. The van der Waals surface area contributed by atoms with Gasteiger partial charge in [0, 0.05) is 24.7 Å². The second-order valence-electron chi connectivity index (χ2n) is 7.47. The SMILES string of the molecule is CCN(CC)CCCCO[C@H]1CC[C@H](N(C)C(=O)Oc2ccc(Cl)cc2)CC1. The minimum Gasteiger partial charge on any atom is -0.410 e. The Morgan fingerprint density at radius 3 is 2.32 bits per heavy atom. The van der Waals surface area contributed by atoms with E-state index in [9.17, 15) is 4.79 Å². The van der Waals surface area contributed by atoms with E-state index in [1.165, 1.54) is 6.42 Å². The highest BCUT2D eigenvalue weighted by atomic mass is 35.5.